The number of rotatable bonds is 7. The normalized spacial score (nSPS) is 10.6. The van der Waals surface area contributed by atoms with Crippen LogP contribution in [0.4, 0.5) is 10.1 Å². The van der Waals surface area contributed by atoms with Gasteiger partial charge in [-0.3, -0.25) is 4.79 Å². The maximum atomic E-state index is 13.7. The van der Waals surface area contributed by atoms with Crippen LogP contribution in [0.3, 0.4) is 0 Å². The molecule has 150 valence electrons. The predicted molar refractivity (Wildman–Crippen MR) is 110 cm³/mol. The summed E-state index contributed by atoms with van der Waals surface area (Å²) in [6.07, 6.45) is 2.34. The van der Waals surface area contributed by atoms with E-state index in [-0.39, 0.29) is 23.6 Å². The molecule has 0 aliphatic carbocycles. The van der Waals surface area contributed by atoms with Gasteiger partial charge in [-0.2, -0.15) is 5.26 Å². The van der Waals surface area contributed by atoms with Crippen LogP contribution in [0.25, 0.3) is 6.08 Å². The second-order valence-electron chi connectivity index (χ2n) is 6.38. The molecule has 5 nitrogen and oxygen atoms in total. The molecule has 0 N–H and O–H groups in total. The number of benzene rings is 2. The van der Waals surface area contributed by atoms with Crippen molar-refractivity contribution in [2.75, 3.05) is 18.1 Å². The van der Waals surface area contributed by atoms with Crippen molar-refractivity contribution >= 4 is 35.2 Å². The zero-order valence-electron chi connectivity index (χ0n) is 16.1. The van der Waals surface area contributed by atoms with Gasteiger partial charge in [0.05, 0.1) is 17.5 Å². The van der Waals surface area contributed by atoms with Gasteiger partial charge in [-0.25, -0.2) is 9.18 Å². The number of aryl methyl sites for hydroxylation is 2. The van der Waals surface area contributed by atoms with Gasteiger partial charge >= 0.3 is 5.97 Å². The second kappa shape index (κ2) is 10.4. The Morgan fingerprint density at radius 2 is 1.93 bits per heavy atom. The van der Waals surface area contributed by atoms with Crippen molar-refractivity contribution in [1.82, 2.24) is 0 Å². The molecular formula is C22H20ClFN2O3. The van der Waals surface area contributed by atoms with Crippen LogP contribution in [-0.4, -0.2) is 25.0 Å². The third-order valence-electron chi connectivity index (χ3n) is 3.99. The number of halogens is 2. The number of nitrogens with zero attached hydrogens (tertiary/aromatic N) is 2. The number of anilines is 1. The molecule has 0 atom stereocenters. The minimum Gasteiger partial charge on any atom is -0.452 e. The van der Waals surface area contributed by atoms with Crippen molar-refractivity contribution in [1.29, 1.82) is 5.26 Å². The molecule has 0 spiro atoms. The van der Waals surface area contributed by atoms with Crippen molar-refractivity contribution in [2.45, 2.75) is 20.3 Å². The molecule has 1 amide bonds. The van der Waals surface area contributed by atoms with E-state index in [0.717, 1.165) is 17.2 Å². The van der Waals surface area contributed by atoms with Crippen LogP contribution in [0.5, 0.6) is 0 Å². The first-order valence-corrected chi connectivity index (χ1v) is 9.24. The molecule has 0 aromatic heterocycles. The van der Waals surface area contributed by atoms with Gasteiger partial charge in [0.1, 0.15) is 5.82 Å². The second-order valence-corrected chi connectivity index (χ2v) is 6.78. The van der Waals surface area contributed by atoms with Crippen LogP contribution in [-0.2, 0) is 14.3 Å². The molecule has 0 saturated carbocycles. The molecule has 0 aliphatic rings. The molecule has 0 aliphatic heterocycles. The van der Waals surface area contributed by atoms with Crippen molar-refractivity contribution in [3.63, 3.8) is 0 Å². The predicted octanol–water partition coefficient (Wildman–Crippen LogP) is 4.60. The molecule has 2 aromatic carbocycles. The van der Waals surface area contributed by atoms with Crippen molar-refractivity contribution in [3.05, 3.63) is 70.0 Å². The molecule has 0 radical (unpaired) electrons. The van der Waals surface area contributed by atoms with Crippen LogP contribution >= 0.6 is 11.6 Å². The molecule has 2 rings (SSSR count). The van der Waals surface area contributed by atoms with Gasteiger partial charge in [-0.05, 0) is 55.3 Å². The Balaban J connectivity index is 2.06. The molecule has 0 heterocycles. The SMILES string of the molecule is Cc1cc(C)cc(N(CCC#N)C(=O)COC(=O)C=Cc2c(F)cccc2Cl)c1. The highest BCUT2D eigenvalue weighted by atomic mass is 35.5. The lowest BCUT2D eigenvalue weighted by Crippen LogP contribution is -2.35. The molecule has 0 saturated heterocycles. The summed E-state index contributed by atoms with van der Waals surface area (Å²) in [6, 6.07) is 11.8. The van der Waals surface area contributed by atoms with E-state index in [1.165, 1.54) is 29.2 Å². The average molecular weight is 415 g/mol. The summed E-state index contributed by atoms with van der Waals surface area (Å²) in [5, 5.41) is 9.03. The summed E-state index contributed by atoms with van der Waals surface area (Å²) >= 11 is 5.89. The Labute approximate surface area is 174 Å². The molecule has 0 bridgehead atoms. The maximum Gasteiger partial charge on any atom is 0.331 e. The lowest BCUT2D eigenvalue weighted by molar-refractivity contribution is -0.142. The number of hydrogen-bond acceptors (Lipinski definition) is 4. The van der Waals surface area contributed by atoms with Crippen LogP contribution in [0.1, 0.15) is 23.1 Å². The Bertz CT molecular complexity index is 942. The van der Waals surface area contributed by atoms with Crippen LogP contribution in [0.2, 0.25) is 5.02 Å². The lowest BCUT2D eigenvalue weighted by Gasteiger charge is -2.22. The van der Waals surface area contributed by atoms with Crippen LogP contribution in [0.15, 0.2) is 42.5 Å². The van der Waals surface area contributed by atoms with E-state index in [4.69, 9.17) is 21.6 Å². The topological polar surface area (TPSA) is 70.4 Å². The number of carbonyl (C=O) groups excluding carboxylic acids is 2. The summed E-state index contributed by atoms with van der Waals surface area (Å²) < 4.78 is 18.7. The standard InChI is InChI=1S/C22H20ClFN2O3/c1-15-11-16(2)13-17(12-15)26(10-4-9-25)21(27)14-29-22(28)8-7-18-19(23)5-3-6-20(18)24/h3,5-8,11-13H,4,10,14H2,1-2H3. The summed E-state index contributed by atoms with van der Waals surface area (Å²) in [6.45, 7) is 3.48. The fourth-order valence-corrected chi connectivity index (χ4v) is 2.97. The van der Waals surface area contributed by atoms with Gasteiger partial charge < -0.3 is 9.64 Å². The number of nitriles is 1. The zero-order chi connectivity index (χ0) is 21.4. The van der Waals surface area contributed by atoms with E-state index >= 15 is 0 Å². The smallest absolute Gasteiger partial charge is 0.331 e. The molecule has 0 unspecified atom stereocenters. The quantitative estimate of drug-likeness (QED) is 0.490. The molecule has 7 heteroatoms. The number of carbonyl (C=O) groups is 2. The number of esters is 1. The molecular weight excluding hydrogens is 395 g/mol. The minimum atomic E-state index is -0.807. The largest absolute Gasteiger partial charge is 0.452 e. The third kappa shape index (κ3) is 6.44. The lowest BCUT2D eigenvalue weighted by atomic mass is 10.1. The summed E-state index contributed by atoms with van der Waals surface area (Å²) in [7, 11) is 0. The maximum absolute atomic E-state index is 13.7. The van der Waals surface area contributed by atoms with Gasteiger partial charge in [0.25, 0.3) is 5.91 Å². The minimum absolute atomic E-state index is 0.0586. The van der Waals surface area contributed by atoms with E-state index in [0.29, 0.717) is 5.69 Å². The van der Waals surface area contributed by atoms with E-state index in [9.17, 15) is 14.0 Å². The first kappa shape index (κ1) is 22.1. The fourth-order valence-electron chi connectivity index (χ4n) is 2.75. The average Bonchev–Trinajstić information content (AvgIpc) is 2.65. The molecule has 0 fully saturated rings. The summed E-state index contributed by atoms with van der Waals surface area (Å²) in [5.41, 5.74) is 2.63. The third-order valence-corrected chi connectivity index (χ3v) is 4.32. The van der Waals surface area contributed by atoms with Crippen LogP contribution in [0, 0.1) is 31.0 Å². The Morgan fingerprint density at radius 1 is 1.24 bits per heavy atom. The highest BCUT2D eigenvalue weighted by molar-refractivity contribution is 6.32. The Kier molecular flexibility index (Phi) is 7.93. The van der Waals surface area contributed by atoms with E-state index < -0.39 is 24.3 Å². The summed E-state index contributed by atoms with van der Waals surface area (Å²) in [5.74, 6) is -1.84. The molecule has 2 aromatic rings. The first-order valence-electron chi connectivity index (χ1n) is 8.86. The van der Waals surface area contributed by atoms with Gasteiger partial charge in [0.15, 0.2) is 6.61 Å². The number of hydrogen-bond donors (Lipinski definition) is 0. The van der Waals surface area contributed by atoms with Crippen molar-refractivity contribution in [2.24, 2.45) is 0 Å². The van der Waals surface area contributed by atoms with E-state index in [1.807, 2.05) is 38.1 Å². The number of ether oxygens (including phenoxy) is 1. The van der Waals surface area contributed by atoms with Gasteiger partial charge in [-0.1, -0.05) is 23.7 Å². The zero-order valence-corrected chi connectivity index (χ0v) is 16.9. The van der Waals surface area contributed by atoms with Crippen molar-refractivity contribution in [3.8, 4) is 6.07 Å². The van der Waals surface area contributed by atoms with E-state index in [2.05, 4.69) is 0 Å². The van der Waals surface area contributed by atoms with Crippen LogP contribution < -0.4 is 4.90 Å². The van der Waals surface area contributed by atoms with Crippen molar-refractivity contribution < 1.29 is 18.7 Å². The van der Waals surface area contributed by atoms with Gasteiger partial charge in [0, 0.05) is 23.9 Å². The van der Waals surface area contributed by atoms with Gasteiger partial charge in [-0.15, -0.1) is 0 Å². The fraction of sp³-hybridized carbons (Fsp3) is 0.227. The Morgan fingerprint density at radius 3 is 2.55 bits per heavy atom. The monoisotopic (exact) mass is 414 g/mol. The van der Waals surface area contributed by atoms with Gasteiger partial charge in [0.2, 0.25) is 0 Å². The molecule has 29 heavy (non-hydrogen) atoms. The number of amides is 1. The first-order chi connectivity index (χ1) is 13.8. The Hall–Kier alpha value is -3.17. The summed E-state index contributed by atoms with van der Waals surface area (Å²) in [4.78, 5) is 25.9. The highest BCUT2D eigenvalue weighted by Crippen LogP contribution is 2.21. The highest BCUT2D eigenvalue weighted by Gasteiger charge is 2.17. The van der Waals surface area contributed by atoms with E-state index in [1.54, 1.807) is 0 Å².